The molecule has 0 spiro atoms. The lowest BCUT2D eigenvalue weighted by atomic mass is 10.1. The van der Waals surface area contributed by atoms with Gasteiger partial charge in [0.1, 0.15) is 6.33 Å². The lowest BCUT2D eigenvalue weighted by Crippen LogP contribution is -2.32. The first kappa shape index (κ1) is 12.9. The molecule has 100 valence electrons. The average molecular weight is 253 g/mol. The van der Waals surface area contributed by atoms with E-state index in [2.05, 4.69) is 15.5 Å². The molecule has 0 saturated carbocycles. The van der Waals surface area contributed by atoms with Gasteiger partial charge in [-0.05, 0) is 23.3 Å². The van der Waals surface area contributed by atoms with Crippen molar-refractivity contribution in [2.24, 2.45) is 5.92 Å². The van der Waals surface area contributed by atoms with Crippen molar-refractivity contribution in [2.45, 2.75) is 25.8 Å². The van der Waals surface area contributed by atoms with Crippen LogP contribution in [0.3, 0.4) is 0 Å². The van der Waals surface area contributed by atoms with E-state index in [0.29, 0.717) is 18.9 Å². The van der Waals surface area contributed by atoms with Gasteiger partial charge < -0.3 is 9.64 Å². The number of aromatic nitrogens is 4. The van der Waals surface area contributed by atoms with E-state index in [1.54, 1.807) is 15.9 Å². The van der Waals surface area contributed by atoms with Crippen molar-refractivity contribution in [1.29, 1.82) is 0 Å². The van der Waals surface area contributed by atoms with E-state index in [1.165, 1.54) is 0 Å². The molecule has 18 heavy (non-hydrogen) atoms. The summed E-state index contributed by atoms with van der Waals surface area (Å²) >= 11 is 0. The highest BCUT2D eigenvalue weighted by Crippen LogP contribution is 2.13. The van der Waals surface area contributed by atoms with E-state index >= 15 is 0 Å². The number of tetrazole rings is 1. The van der Waals surface area contributed by atoms with Crippen LogP contribution in [0.25, 0.3) is 0 Å². The van der Waals surface area contributed by atoms with Crippen LogP contribution in [0.4, 0.5) is 0 Å². The largest absolute Gasteiger partial charge is 0.381 e. The predicted octanol–water partition coefficient (Wildman–Crippen LogP) is -0.0518. The van der Waals surface area contributed by atoms with Gasteiger partial charge in [-0.2, -0.15) is 0 Å². The Bertz CT molecular complexity index is 362. The Labute approximate surface area is 106 Å². The second kappa shape index (κ2) is 6.44. The third-order valence-electron chi connectivity index (χ3n) is 3.15. The van der Waals surface area contributed by atoms with Gasteiger partial charge in [0.05, 0.1) is 6.61 Å². The summed E-state index contributed by atoms with van der Waals surface area (Å²) in [7, 11) is 1.86. The number of hydrogen-bond donors (Lipinski definition) is 0. The van der Waals surface area contributed by atoms with Gasteiger partial charge in [-0.25, -0.2) is 4.68 Å². The zero-order valence-corrected chi connectivity index (χ0v) is 10.7. The monoisotopic (exact) mass is 253 g/mol. The highest BCUT2D eigenvalue weighted by Gasteiger charge is 2.19. The van der Waals surface area contributed by atoms with Gasteiger partial charge in [-0.15, -0.1) is 5.10 Å². The fraction of sp³-hybridized carbons (Fsp3) is 0.818. The number of rotatable bonds is 6. The number of carbonyl (C=O) groups excluding carboxylic acids is 1. The van der Waals surface area contributed by atoms with Crippen molar-refractivity contribution in [3.05, 3.63) is 6.33 Å². The number of aryl methyl sites for hydroxylation is 1. The minimum Gasteiger partial charge on any atom is -0.381 e. The van der Waals surface area contributed by atoms with Crippen LogP contribution in [-0.4, -0.2) is 57.8 Å². The summed E-state index contributed by atoms with van der Waals surface area (Å²) in [5.41, 5.74) is 0. The molecule has 1 aliphatic heterocycles. The number of carbonyl (C=O) groups is 1. The van der Waals surface area contributed by atoms with Gasteiger partial charge in [-0.1, -0.05) is 0 Å². The third-order valence-corrected chi connectivity index (χ3v) is 3.15. The Morgan fingerprint density at radius 2 is 2.50 bits per heavy atom. The number of nitrogens with zero attached hydrogens (tertiary/aromatic N) is 5. The standard InChI is InChI=1S/C11H19N5O2/c1-15(7-10-4-6-18-8-10)11(17)3-2-5-16-9-12-13-14-16/h9-10H,2-8H2,1H3/t10-/m1/s1. The van der Waals surface area contributed by atoms with Gasteiger partial charge in [0.15, 0.2) is 0 Å². The van der Waals surface area contributed by atoms with Gasteiger partial charge in [0.2, 0.25) is 5.91 Å². The minimum atomic E-state index is 0.176. The molecule has 1 amide bonds. The van der Waals surface area contributed by atoms with Crippen molar-refractivity contribution in [2.75, 3.05) is 26.8 Å². The number of hydrogen-bond acceptors (Lipinski definition) is 5. The number of ether oxygens (including phenoxy) is 1. The van der Waals surface area contributed by atoms with Crippen LogP contribution in [0.1, 0.15) is 19.3 Å². The molecule has 2 heterocycles. The smallest absolute Gasteiger partial charge is 0.222 e. The van der Waals surface area contributed by atoms with Crippen molar-refractivity contribution >= 4 is 5.91 Å². The lowest BCUT2D eigenvalue weighted by molar-refractivity contribution is -0.130. The first-order chi connectivity index (χ1) is 8.75. The van der Waals surface area contributed by atoms with Crippen LogP contribution in [0, 0.1) is 5.92 Å². The molecule has 2 rings (SSSR count). The van der Waals surface area contributed by atoms with E-state index in [9.17, 15) is 4.79 Å². The second-order valence-electron chi connectivity index (χ2n) is 4.68. The first-order valence-electron chi connectivity index (χ1n) is 6.28. The van der Waals surface area contributed by atoms with E-state index in [0.717, 1.165) is 32.6 Å². The molecule has 0 unspecified atom stereocenters. The molecular formula is C11H19N5O2. The summed E-state index contributed by atoms with van der Waals surface area (Å²) < 4.78 is 6.94. The predicted molar refractivity (Wildman–Crippen MR) is 63.6 cm³/mol. The molecule has 1 aromatic rings. The normalized spacial score (nSPS) is 19.1. The molecule has 1 aromatic heterocycles. The zero-order chi connectivity index (χ0) is 12.8. The molecule has 7 nitrogen and oxygen atoms in total. The third kappa shape index (κ3) is 3.76. The van der Waals surface area contributed by atoms with Crippen molar-refractivity contribution in [3.63, 3.8) is 0 Å². The molecule has 7 heteroatoms. The molecule has 1 saturated heterocycles. The van der Waals surface area contributed by atoms with E-state index in [-0.39, 0.29) is 5.91 Å². The minimum absolute atomic E-state index is 0.176. The molecule has 1 aliphatic rings. The summed E-state index contributed by atoms with van der Waals surface area (Å²) in [5.74, 6) is 0.674. The molecule has 0 N–H and O–H groups in total. The van der Waals surface area contributed by atoms with Crippen LogP contribution in [0.15, 0.2) is 6.33 Å². The lowest BCUT2D eigenvalue weighted by Gasteiger charge is -2.20. The maximum atomic E-state index is 11.9. The second-order valence-corrected chi connectivity index (χ2v) is 4.68. The highest BCUT2D eigenvalue weighted by molar-refractivity contribution is 5.75. The molecule has 0 aromatic carbocycles. The van der Waals surface area contributed by atoms with Crippen LogP contribution >= 0.6 is 0 Å². The van der Waals surface area contributed by atoms with Crippen LogP contribution in [0.2, 0.25) is 0 Å². The van der Waals surface area contributed by atoms with Crippen molar-refractivity contribution < 1.29 is 9.53 Å². The van der Waals surface area contributed by atoms with Crippen molar-refractivity contribution in [3.8, 4) is 0 Å². The maximum absolute atomic E-state index is 11.9. The molecule has 0 bridgehead atoms. The van der Waals surface area contributed by atoms with Gasteiger partial charge in [-0.3, -0.25) is 4.79 Å². The highest BCUT2D eigenvalue weighted by atomic mass is 16.5. The van der Waals surface area contributed by atoms with Gasteiger partial charge in [0, 0.05) is 39.1 Å². The van der Waals surface area contributed by atoms with Crippen molar-refractivity contribution in [1.82, 2.24) is 25.1 Å². The van der Waals surface area contributed by atoms with E-state index in [1.807, 2.05) is 7.05 Å². The Morgan fingerprint density at radius 1 is 1.61 bits per heavy atom. The Morgan fingerprint density at radius 3 is 3.17 bits per heavy atom. The Balaban J connectivity index is 1.64. The SMILES string of the molecule is CN(C[C@H]1CCOC1)C(=O)CCCn1cnnn1. The summed E-state index contributed by atoms with van der Waals surface area (Å²) in [6.45, 7) is 3.08. The van der Waals surface area contributed by atoms with Crippen LogP contribution in [-0.2, 0) is 16.1 Å². The van der Waals surface area contributed by atoms with E-state index in [4.69, 9.17) is 4.74 Å². The first-order valence-corrected chi connectivity index (χ1v) is 6.28. The zero-order valence-electron chi connectivity index (χ0n) is 10.7. The maximum Gasteiger partial charge on any atom is 0.222 e. The van der Waals surface area contributed by atoms with E-state index < -0.39 is 0 Å². The summed E-state index contributed by atoms with van der Waals surface area (Å²) in [6.07, 6.45) is 3.91. The quantitative estimate of drug-likeness (QED) is 0.710. The average Bonchev–Trinajstić information content (AvgIpc) is 3.01. The molecule has 1 fully saturated rings. The van der Waals surface area contributed by atoms with Gasteiger partial charge >= 0.3 is 0 Å². The fourth-order valence-corrected chi connectivity index (χ4v) is 2.08. The summed E-state index contributed by atoms with van der Waals surface area (Å²) in [4.78, 5) is 13.7. The van der Waals surface area contributed by atoms with Crippen LogP contribution < -0.4 is 0 Å². The summed E-state index contributed by atoms with van der Waals surface area (Å²) in [6, 6.07) is 0. The van der Waals surface area contributed by atoms with Gasteiger partial charge in [0.25, 0.3) is 0 Å². The molecular weight excluding hydrogens is 234 g/mol. The summed E-state index contributed by atoms with van der Waals surface area (Å²) in [5, 5.41) is 10.8. The molecule has 1 atom stereocenters. The Kier molecular flexibility index (Phi) is 4.63. The number of amides is 1. The Hall–Kier alpha value is -1.50. The topological polar surface area (TPSA) is 73.1 Å². The fourth-order valence-electron chi connectivity index (χ4n) is 2.08. The van der Waals surface area contributed by atoms with Crippen LogP contribution in [0.5, 0.6) is 0 Å². The molecule has 0 radical (unpaired) electrons. The molecule has 0 aliphatic carbocycles.